The first kappa shape index (κ1) is 12.5. The number of hydrogen-bond donors (Lipinski definition) is 2. The summed E-state index contributed by atoms with van der Waals surface area (Å²) in [5.41, 5.74) is 6.74. The first-order chi connectivity index (χ1) is 8.76. The topological polar surface area (TPSA) is 85.3 Å². The Morgan fingerprint density at radius 3 is 3.00 bits per heavy atom. The molecule has 18 heavy (non-hydrogen) atoms. The van der Waals surface area contributed by atoms with Gasteiger partial charge in [-0.15, -0.1) is 10.2 Å². The van der Waals surface area contributed by atoms with Gasteiger partial charge in [0.2, 0.25) is 0 Å². The molecule has 0 saturated heterocycles. The fourth-order valence-corrected chi connectivity index (χ4v) is 1.72. The van der Waals surface area contributed by atoms with Gasteiger partial charge in [-0.05, 0) is 25.1 Å². The molecule has 0 unspecified atom stereocenters. The Morgan fingerprint density at radius 1 is 1.44 bits per heavy atom. The van der Waals surface area contributed by atoms with Crippen molar-refractivity contribution in [1.82, 2.24) is 19.9 Å². The molecule has 1 amide bonds. The van der Waals surface area contributed by atoms with Crippen LogP contribution >= 0.6 is 0 Å². The maximum Gasteiger partial charge on any atom is 0.252 e. The van der Waals surface area contributed by atoms with E-state index in [1.54, 1.807) is 18.3 Å². The molecule has 2 aromatic rings. The third-order valence-electron chi connectivity index (χ3n) is 2.72. The molecule has 0 aliphatic rings. The number of rotatable bonds is 5. The molecule has 0 aliphatic carbocycles. The average molecular weight is 247 g/mol. The van der Waals surface area contributed by atoms with Crippen molar-refractivity contribution in [1.29, 1.82) is 0 Å². The van der Waals surface area contributed by atoms with Crippen molar-refractivity contribution in [3.8, 4) is 0 Å². The van der Waals surface area contributed by atoms with Gasteiger partial charge in [0, 0.05) is 19.2 Å². The van der Waals surface area contributed by atoms with Gasteiger partial charge in [0.25, 0.3) is 5.91 Å². The second-order valence-electron chi connectivity index (χ2n) is 4.01. The third-order valence-corrected chi connectivity index (χ3v) is 2.72. The number of pyridine rings is 1. The molecule has 3 N–H and O–H groups in total. The lowest BCUT2D eigenvalue weighted by Crippen LogP contribution is -2.26. The third kappa shape index (κ3) is 2.48. The van der Waals surface area contributed by atoms with Gasteiger partial charge in [-0.2, -0.15) is 0 Å². The number of nitrogens with one attached hydrogen (secondary N) is 1. The maximum atomic E-state index is 11.9. The van der Waals surface area contributed by atoms with Gasteiger partial charge >= 0.3 is 0 Å². The van der Waals surface area contributed by atoms with Crippen molar-refractivity contribution in [3.63, 3.8) is 0 Å². The number of carbonyl (C=O) groups is 1. The van der Waals surface area contributed by atoms with E-state index in [0.29, 0.717) is 18.7 Å². The van der Waals surface area contributed by atoms with Gasteiger partial charge in [0.1, 0.15) is 5.82 Å². The van der Waals surface area contributed by atoms with Crippen molar-refractivity contribution in [2.24, 2.45) is 5.73 Å². The number of hydrogen-bond acceptors (Lipinski definition) is 4. The van der Waals surface area contributed by atoms with E-state index < -0.39 is 0 Å². The number of amides is 1. The van der Waals surface area contributed by atoms with Crippen LogP contribution in [-0.2, 0) is 6.42 Å². The Morgan fingerprint density at radius 2 is 2.28 bits per heavy atom. The highest BCUT2D eigenvalue weighted by Gasteiger charge is 2.08. The smallest absolute Gasteiger partial charge is 0.252 e. The summed E-state index contributed by atoms with van der Waals surface area (Å²) >= 11 is 0. The highest BCUT2D eigenvalue weighted by molar-refractivity contribution is 5.94. The molecule has 2 heterocycles. The first-order valence-electron chi connectivity index (χ1n) is 6.08. The van der Waals surface area contributed by atoms with Gasteiger partial charge in [0.15, 0.2) is 5.65 Å². The summed E-state index contributed by atoms with van der Waals surface area (Å²) in [6.45, 7) is 3.17. The van der Waals surface area contributed by atoms with E-state index >= 15 is 0 Å². The van der Waals surface area contributed by atoms with E-state index in [9.17, 15) is 4.79 Å². The number of fused-ring (bicyclic) bond motifs is 1. The molecule has 0 aromatic carbocycles. The predicted molar refractivity (Wildman–Crippen MR) is 68.4 cm³/mol. The monoisotopic (exact) mass is 247 g/mol. The second-order valence-corrected chi connectivity index (χ2v) is 4.01. The Balaban J connectivity index is 2.20. The molecular formula is C12H17N5O. The SMILES string of the molecule is CCc1nnc2ccc(C(=O)NCCCN)cn12. The maximum absolute atomic E-state index is 11.9. The number of aromatic nitrogens is 3. The molecule has 2 aromatic heterocycles. The Labute approximate surface area is 105 Å². The van der Waals surface area contributed by atoms with Crippen LogP contribution < -0.4 is 11.1 Å². The molecule has 2 rings (SSSR count). The van der Waals surface area contributed by atoms with Crippen molar-refractivity contribution in [3.05, 3.63) is 29.7 Å². The van der Waals surface area contributed by atoms with Gasteiger partial charge in [0.05, 0.1) is 5.56 Å². The highest BCUT2D eigenvalue weighted by atomic mass is 16.1. The summed E-state index contributed by atoms with van der Waals surface area (Å²) in [5.74, 6) is 0.753. The van der Waals surface area contributed by atoms with E-state index in [1.165, 1.54) is 0 Å². The van der Waals surface area contributed by atoms with E-state index in [2.05, 4.69) is 15.5 Å². The molecule has 0 atom stereocenters. The van der Waals surface area contributed by atoms with Crippen LogP contribution in [0, 0.1) is 0 Å². The molecular weight excluding hydrogens is 230 g/mol. The van der Waals surface area contributed by atoms with Crippen LogP contribution in [0.2, 0.25) is 0 Å². The summed E-state index contributed by atoms with van der Waals surface area (Å²) < 4.78 is 1.85. The normalized spacial score (nSPS) is 10.8. The summed E-state index contributed by atoms with van der Waals surface area (Å²) in [6, 6.07) is 3.55. The highest BCUT2D eigenvalue weighted by Crippen LogP contribution is 2.07. The fraction of sp³-hybridized carbons (Fsp3) is 0.417. The molecule has 0 radical (unpaired) electrons. The van der Waals surface area contributed by atoms with Crippen LogP contribution in [-0.4, -0.2) is 33.6 Å². The Hall–Kier alpha value is -1.95. The molecule has 96 valence electrons. The number of nitrogens with two attached hydrogens (primary N) is 1. The zero-order valence-corrected chi connectivity index (χ0v) is 10.4. The minimum absolute atomic E-state index is 0.0962. The van der Waals surface area contributed by atoms with Gasteiger partial charge in [-0.25, -0.2) is 0 Å². The average Bonchev–Trinajstić information content (AvgIpc) is 2.80. The Kier molecular flexibility index (Phi) is 3.88. The summed E-state index contributed by atoms with van der Waals surface area (Å²) in [6.07, 6.45) is 3.33. The molecule has 0 fully saturated rings. The lowest BCUT2D eigenvalue weighted by atomic mass is 10.2. The first-order valence-corrected chi connectivity index (χ1v) is 6.08. The van der Waals surface area contributed by atoms with Crippen LogP contribution in [0.15, 0.2) is 18.3 Å². The van der Waals surface area contributed by atoms with Gasteiger partial charge < -0.3 is 11.1 Å². The van der Waals surface area contributed by atoms with Gasteiger partial charge in [-0.3, -0.25) is 9.20 Å². The van der Waals surface area contributed by atoms with Crippen molar-refractivity contribution >= 4 is 11.6 Å². The van der Waals surface area contributed by atoms with Crippen LogP contribution in [0.25, 0.3) is 5.65 Å². The molecule has 0 aliphatic heterocycles. The van der Waals surface area contributed by atoms with Crippen LogP contribution in [0.3, 0.4) is 0 Å². The lowest BCUT2D eigenvalue weighted by Gasteiger charge is -2.05. The summed E-state index contributed by atoms with van der Waals surface area (Å²) in [4.78, 5) is 11.9. The second kappa shape index (κ2) is 5.59. The number of aryl methyl sites for hydroxylation is 1. The van der Waals surface area contributed by atoms with E-state index in [-0.39, 0.29) is 5.91 Å². The summed E-state index contributed by atoms with van der Waals surface area (Å²) in [5, 5.41) is 10.9. The van der Waals surface area contributed by atoms with Crippen LogP contribution in [0.4, 0.5) is 0 Å². The molecule has 0 saturated carbocycles. The van der Waals surface area contributed by atoms with Crippen LogP contribution in [0.5, 0.6) is 0 Å². The van der Waals surface area contributed by atoms with Crippen molar-refractivity contribution in [2.75, 3.05) is 13.1 Å². The van der Waals surface area contributed by atoms with Crippen molar-refractivity contribution in [2.45, 2.75) is 19.8 Å². The summed E-state index contributed by atoms with van der Waals surface area (Å²) in [7, 11) is 0. The van der Waals surface area contributed by atoms with Crippen molar-refractivity contribution < 1.29 is 4.79 Å². The minimum Gasteiger partial charge on any atom is -0.352 e. The van der Waals surface area contributed by atoms with Gasteiger partial charge in [-0.1, -0.05) is 6.92 Å². The lowest BCUT2D eigenvalue weighted by molar-refractivity contribution is 0.0953. The zero-order chi connectivity index (χ0) is 13.0. The number of carbonyl (C=O) groups excluding carboxylic acids is 1. The molecule has 0 bridgehead atoms. The molecule has 6 heteroatoms. The quantitative estimate of drug-likeness (QED) is 0.747. The largest absolute Gasteiger partial charge is 0.352 e. The van der Waals surface area contributed by atoms with E-state index in [1.807, 2.05) is 11.3 Å². The van der Waals surface area contributed by atoms with E-state index in [0.717, 1.165) is 24.3 Å². The standard InChI is InChI=1S/C12H17N5O/c1-2-10-15-16-11-5-4-9(8-17(10)11)12(18)14-7-3-6-13/h4-5,8H,2-3,6-7,13H2,1H3,(H,14,18). The fourth-order valence-electron chi connectivity index (χ4n) is 1.72. The zero-order valence-electron chi connectivity index (χ0n) is 10.4. The number of nitrogens with zero attached hydrogens (tertiary/aromatic N) is 3. The van der Waals surface area contributed by atoms with E-state index in [4.69, 9.17) is 5.73 Å². The van der Waals surface area contributed by atoms with Crippen LogP contribution in [0.1, 0.15) is 29.5 Å². The molecule has 6 nitrogen and oxygen atoms in total. The molecule has 0 spiro atoms. The Bertz CT molecular complexity index is 548. The predicted octanol–water partition coefficient (Wildman–Crippen LogP) is 0.370. The minimum atomic E-state index is -0.0962.